The van der Waals surface area contributed by atoms with Gasteiger partial charge in [-0.05, 0) is 49.6 Å². The number of amides is 1. The van der Waals surface area contributed by atoms with E-state index in [2.05, 4.69) is 20.9 Å². The molecule has 0 saturated carbocycles. The van der Waals surface area contributed by atoms with Crippen LogP contribution in [0.25, 0.3) is 0 Å². The number of guanidine groups is 1. The summed E-state index contributed by atoms with van der Waals surface area (Å²) in [6.07, 6.45) is 1.70. The Balaban J connectivity index is 0.00000385. The number of nitrogens with zero attached hydrogens (tertiary/aromatic N) is 2. The van der Waals surface area contributed by atoms with Gasteiger partial charge in [0.1, 0.15) is 11.6 Å². The highest BCUT2D eigenvalue weighted by Gasteiger charge is 2.25. The maximum Gasteiger partial charge on any atom is 0.251 e. The van der Waals surface area contributed by atoms with Crippen LogP contribution >= 0.6 is 24.0 Å². The molecule has 1 amide bonds. The minimum absolute atomic E-state index is 0. The van der Waals surface area contributed by atoms with E-state index in [-0.39, 0.29) is 35.9 Å². The van der Waals surface area contributed by atoms with Crippen molar-refractivity contribution in [1.29, 1.82) is 0 Å². The van der Waals surface area contributed by atoms with E-state index in [1.165, 1.54) is 12.1 Å². The molecule has 1 aliphatic rings. The summed E-state index contributed by atoms with van der Waals surface area (Å²) in [4.78, 5) is 18.8. The Morgan fingerprint density at radius 1 is 1.15 bits per heavy atom. The maximum atomic E-state index is 14.1. The number of hydrogen-bond donors (Lipinski definition) is 3. The van der Waals surface area contributed by atoms with Crippen molar-refractivity contribution in [3.8, 4) is 0 Å². The molecule has 2 aromatic carbocycles. The highest BCUT2D eigenvalue weighted by molar-refractivity contribution is 14.0. The van der Waals surface area contributed by atoms with E-state index < -0.39 is 11.6 Å². The number of hydrogen-bond acceptors (Lipinski definition) is 3. The van der Waals surface area contributed by atoms with Crippen molar-refractivity contribution in [3.63, 3.8) is 0 Å². The zero-order chi connectivity index (χ0) is 22.9. The average Bonchev–Trinajstić information content (AvgIpc) is 3.24. The van der Waals surface area contributed by atoms with Gasteiger partial charge in [0.2, 0.25) is 0 Å². The Morgan fingerprint density at radius 2 is 1.97 bits per heavy atom. The SMILES string of the molecule is CCCNC(=O)c1cccc(CN=C(NCC)NC2CCN(c3ccc(F)cc3F)C2)c1.I. The van der Waals surface area contributed by atoms with Crippen LogP contribution in [0, 0.1) is 11.6 Å². The van der Waals surface area contributed by atoms with Gasteiger partial charge in [-0.1, -0.05) is 19.1 Å². The van der Waals surface area contributed by atoms with E-state index in [0.29, 0.717) is 49.9 Å². The summed E-state index contributed by atoms with van der Waals surface area (Å²) in [7, 11) is 0. The molecule has 1 fully saturated rings. The van der Waals surface area contributed by atoms with Crippen LogP contribution in [0.5, 0.6) is 0 Å². The second-order valence-electron chi connectivity index (χ2n) is 7.82. The standard InChI is InChI=1S/C24H31F2N5O.HI/c1-3-11-28-23(32)18-7-5-6-17(13-18)15-29-24(27-4-2)30-20-10-12-31(16-20)22-9-8-19(25)14-21(22)26;/h5-9,13-14,20H,3-4,10-12,15-16H2,1-2H3,(H,28,32)(H2,27,29,30);1H. The van der Waals surface area contributed by atoms with Crippen LogP contribution in [0.4, 0.5) is 14.5 Å². The molecular formula is C24H32F2IN5O. The van der Waals surface area contributed by atoms with Crippen molar-refractivity contribution >= 4 is 41.5 Å². The number of rotatable bonds is 8. The zero-order valence-electron chi connectivity index (χ0n) is 19.0. The smallest absolute Gasteiger partial charge is 0.251 e. The third kappa shape index (κ3) is 7.83. The molecule has 3 N–H and O–H groups in total. The third-order valence-corrected chi connectivity index (χ3v) is 5.27. The Morgan fingerprint density at radius 3 is 2.70 bits per heavy atom. The number of aliphatic imine (C=N–C) groups is 1. The fourth-order valence-electron chi connectivity index (χ4n) is 3.67. The van der Waals surface area contributed by atoms with Gasteiger partial charge in [0.25, 0.3) is 5.91 Å². The molecule has 6 nitrogen and oxygen atoms in total. The lowest BCUT2D eigenvalue weighted by molar-refractivity contribution is 0.0953. The molecule has 0 aliphatic carbocycles. The normalized spacial score (nSPS) is 15.7. The van der Waals surface area contributed by atoms with Crippen molar-refractivity contribution in [2.45, 2.75) is 39.3 Å². The molecule has 0 aromatic heterocycles. The Labute approximate surface area is 211 Å². The quantitative estimate of drug-likeness (QED) is 0.254. The molecule has 1 saturated heterocycles. The first-order valence-corrected chi connectivity index (χ1v) is 11.1. The van der Waals surface area contributed by atoms with Gasteiger partial charge in [-0.2, -0.15) is 0 Å². The second kappa shape index (κ2) is 13.3. The largest absolute Gasteiger partial charge is 0.367 e. The van der Waals surface area contributed by atoms with Crippen molar-refractivity contribution < 1.29 is 13.6 Å². The molecule has 0 bridgehead atoms. The number of nitrogens with one attached hydrogen (secondary N) is 3. The lowest BCUT2D eigenvalue weighted by atomic mass is 10.1. The predicted molar refractivity (Wildman–Crippen MR) is 139 cm³/mol. The topological polar surface area (TPSA) is 68.8 Å². The van der Waals surface area contributed by atoms with Gasteiger partial charge in [-0.25, -0.2) is 13.8 Å². The van der Waals surface area contributed by atoms with Crippen LogP contribution in [0.15, 0.2) is 47.5 Å². The molecule has 1 aliphatic heterocycles. The van der Waals surface area contributed by atoms with Gasteiger partial charge in [0.15, 0.2) is 5.96 Å². The summed E-state index contributed by atoms with van der Waals surface area (Å²) >= 11 is 0. The highest BCUT2D eigenvalue weighted by Crippen LogP contribution is 2.24. The highest BCUT2D eigenvalue weighted by atomic mass is 127. The lowest BCUT2D eigenvalue weighted by Crippen LogP contribution is -2.44. The third-order valence-electron chi connectivity index (χ3n) is 5.27. The molecule has 9 heteroatoms. The first-order chi connectivity index (χ1) is 15.5. The number of halogens is 3. The first-order valence-electron chi connectivity index (χ1n) is 11.1. The number of carbonyl (C=O) groups excluding carboxylic acids is 1. The molecular weight excluding hydrogens is 539 g/mol. The zero-order valence-corrected chi connectivity index (χ0v) is 21.4. The first kappa shape index (κ1) is 26.8. The van der Waals surface area contributed by atoms with Crippen LogP contribution in [0.3, 0.4) is 0 Å². The van der Waals surface area contributed by atoms with Gasteiger partial charge in [-0.15, -0.1) is 24.0 Å². The fourth-order valence-corrected chi connectivity index (χ4v) is 3.67. The van der Waals surface area contributed by atoms with Gasteiger partial charge >= 0.3 is 0 Å². The summed E-state index contributed by atoms with van der Waals surface area (Å²) in [6, 6.07) is 11.2. The van der Waals surface area contributed by atoms with E-state index in [0.717, 1.165) is 24.5 Å². The Hall–Kier alpha value is -2.43. The fraction of sp³-hybridized carbons (Fsp3) is 0.417. The molecule has 0 spiro atoms. The van der Waals surface area contributed by atoms with Gasteiger partial charge in [-0.3, -0.25) is 4.79 Å². The van der Waals surface area contributed by atoms with E-state index in [1.807, 2.05) is 36.9 Å². The Kier molecular flexibility index (Phi) is 10.8. The van der Waals surface area contributed by atoms with Crippen LogP contribution in [0.1, 0.15) is 42.6 Å². The molecule has 1 heterocycles. The summed E-state index contributed by atoms with van der Waals surface area (Å²) in [5.41, 5.74) is 1.97. The van der Waals surface area contributed by atoms with Crippen LogP contribution in [-0.4, -0.2) is 44.1 Å². The van der Waals surface area contributed by atoms with E-state index in [1.54, 1.807) is 6.07 Å². The molecule has 1 atom stereocenters. The van der Waals surface area contributed by atoms with E-state index >= 15 is 0 Å². The minimum atomic E-state index is -0.575. The predicted octanol–water partition coefficient (Wildman–Crippen LogP) is 4.06. The van der Waals surface area contributed by atoms with Gasteiger partial charge < -0.3 is 20.9 Å². The monoisotopic (exact) mass is 571 g/mol. The number of benzene rings is 2. The van der Waals surface area contributed by atoms with Crippen molar-refractivity contribution in [3.05, 3.63) is 65.2 Å². The summed E-state index contributed by atoms with van der Waals surface area (Å²) in [6.45, 7) is 7.05. The van der Waals surface area contributed by atoms with Crippen LogP contribution in [0.2, 0.25) is 0 Å². The lowest BCUT2D eigenvalue weighted by Gasteiger charge is -2.21. The summed E-state index contributed by atoms with van der Waals surface area (Å²) in [5, 5.41) is 9.52. The number of anilines is 1. The van der Waals surface area contributed by atoms with E-state index in [9.17, 15) is 13.6 Å². The van der Waals surface area contributed by atoms with Crippen LogP contribution < -0.4 is 20.9 Å². The van der Waals surface area contributed by atoms with Gasteiger partial charge in [0, 0.05) is 43.9 Å². The van der Waals surface area contributed by atoms with Crippen molar-refractivity contribution in [2.24, 2.45) is 4.99 Å². The molecule has 180 valence electrons. The summed E-state index contributed by atoms with van der Waals surface area (Å²) < 4.78 is 27.3. The van der Waals surface area contributed by atoms with Crippen LogP contribution in [-0.2, 0) is 6.54 Å². The van der Waals surface area contributed by atoms with E-state index in [4.69, 9.17) is 0 Å². The van der Waals surface area contributed by atoms with Crippen molar-refractivity contribution in [2.75, 3.05) is 31.1 Å². The molecule has 1 unspecified atom stereocenters. The second-order valence-corrected chi connectivity index (χ2v) is 7.82. The Bertz CT molecular complexity index is 956. The van der Waals surface area contributed by atoms with Gasteiger partial charge in [0.05, 0.1) is 12.2 Å². The summed E-state index contributed by atoms with van der Waals surface area (Å²) in [5.74, 6) is -0.538. The average molecular weight is 571 g/mol. The molecule has 0 radical (unpaired) electrons. The molecule has 2 aromatic rings. The number of carbonyl (C=O) groups is 1. The van der Waals surface area contributed by atoms with Crippen molar-refractivity contribution in [1.82, 2.24) is 16.0 Å². The minimum Gasteiger partial charge on any atom is -0.367 e. The molecule has 33 heavy (non-hydrogen) atoms. The maximum absolute atomic E-state index is 14.1. The molecule has 3 rings (SSSR count).